The average Bonchev–Trinajstić information content (AvgIpc) is 2.47. The normalized spacial score (nSPS) is 11.0. The van der Waals surface area contributed by atoms with Crippen molar-refractivity contribution in [3.05, 3.63) is 12.2 Å². The van der Waals surface area contributed by atoms with Crippen LogP contribution < -0.4 is 0 Å². The van der Waals surface area contributed by atoms with Gasteiger partial charge in [0.1, 0.15) is 5.82 Å². The minimum Gasteiger partial charge on any atom is -0.297 e. The Morgan fingerprint density at radius 1 is 1.42 bits per heavy atom. The van der Waals surface area contributed by atoms with E-state index in [0.29, 0.717) is 0 Å². The van der Waals surface area contributed by atoms with Crippen LogP contribution in [0.25, 0.3) is 0 Å². The molecule has 0 spiro atoms. The van der Waals surface area contributed by atoms with E-state index in [2.05, 4.69) is 35.2 Å². The van der Waals surface area contributed by atoms with Crippen molar-refractivity contribution < 1.29 is 0 Å². The third-order valence-electron chi connectivity index (χ3n) is 2.01. The van der Waals surface area contributed by atoms with Crippen LogP contribution in [0.5, 0.6) is 0 Å². The second-order valence-corrected chi connectivity index (χ2v) is 2.71. The van der Waals surface area contributed by atoms with Crippen molar-refractivity contribution in [2.75, 3.05) is 13.1 Å². The Morgan fingerprint density at radius 2 is 2.08 bits per heavy atom. The van der Waals surface area contributed by atoms with Crippen molar-refractivity contribution in [2.45, 2.75) is 20.4 Å². The van der Waals surface area contributed by atoms with E-state index in [1.165, 1.54) is 0 Å². The molecular formula is C8H15N4. The third kappa shape index (κ3) is 2.04. The van der Waals surface area contributed by atoms with Crippen molar-refractivity contribution in [3.63, 3.8) is 0 Å². The smallest absolute Gasteiger partial charge is 0.221 e. The summed E-state index contributed by atoms with van der Waals surface area (Å²) in [4.78, 5) is 6.33. The summed E-state index contributed by atoms with van der Waals surface area (Å²) in [5.41, 5.74) is 0. The standard InChI is InChI=1S/C8H15N4/c1-4-12(5-2)6-8-9-7-10-11(8)3/h4-6H2,1-3H3. The van der Waals surface area contributed by atoms with Crippen molar-refractivity contribution >= 4 is 0 Å². The largest absolute Gasteiger partial charge is 0.297 e. The van der Waals surface area contributed by atoms with E-state index in [9.17, 15) is 0 Å². The zero-order valence-corrected chi connectivity index (χ0v) is 7.91. The fourth-order valence-corrected chi connectivity index (χ4v) is 1.06. The molecule has 1 rings (SSSR count). The molecule has 1 radical (unpaired) electrons. The van der Waals surface area contributed by atoms with Gasteiger partial charge in [0.15, 0.2) is 0 Å². The summed E-state index contributed by atoms with van der Waals surface area (Å²) < 4.78 is 1.76. The summed E-state index contributed by atoms with van der Waals surface area (Å²) >= 11 is 0. The first-order valence-electron chi connectivity index (χ1n) is 4.26. The van der Waals surface area contributed by atoms with Gasteiger partial charge in [-0.2, -0.15) is 0 Å². The zero-order chi connectivity index (χ0) is 8.97. The summed E-state index contributed by atoms with van der Waals surface area (Å²) in [7, 11) is 1.89. The average molecular weight is 167 g/mol. The number of hydrogen-bond donors (Lipinski definition) is 0. The Bertz CT molecular complexity index is 227. The minimum atomic E-state index is 0.861. The summed E-state index contributed by atoms with van der Waals surface area (Å²) in [6.07, 6.45) is 2.59. The number of rotatable bonds is 4. The highest BCUT2D eigenvalue weighted by Gasteiger charge is 2.05. The van der Waals surface area contributed by atoms with E-state index in [1.807, 2.05) is 7.05 Å². The summed E-state index contributed by atoms with van der Waals surface area (Å²) in [5.74, 6) is 0.971. The van der Waals surface area contributed by atoms with Gasteiger partial charge in [0.2, 0.25) is 6.33 Å². The van der Waals surface area contributed by atoms with E-state index in [1.54, 1.807) is 4.68 Å². The molecule has 0 saturated carbocycles. The lowest BCUT2D eigenvalue weighted by Crippen LogP contribution is -2.24. The van der Waals surface area contributed by atoms with Crippen LogP contribution in [0, 0.1) is 6.33 Å². The molecule has 0 amide bonds. The van der Waals surface area contributed by atoms with Crippen LogP contribution >= 0.6 is 0 Å². The number of aryl methyl sites for hydroxylation is 1. The van der Waals surface area contributed by atoms with E-state index in [4.69, 9.17) is 0 Å². The molecule has 67 valence electrons. The predicted molar refractivity (Wildman–Crippen MR) is 46.5 cm³/mol. The molecule has 0 atom stereocenters. The van der Waals surface area contributed by atoms with Gasteiger partial charge in [-0.05, 0) is 13.1 Å². The van der Waals surface area contributed by atoms with Crippen LogP contribution in [0.3, 0.4) is 0 Å². The van der Waals surface area contributed by atoms with E-state index in [0.717, 1.165) is 25.5 Å². The molecule has 0 saturated heterocycles. The SMILES string of the molecule is CCN(CC)Cc1n[c]nn1C. The Kier molecular flexibility index (Phi) is 3.22. The first-order chi connectivity index (χ1) is 5.77. The maximum absolute atomic E-state index is 4.04. The lowest BCUT2D eigenvalue weighted by molar-refractivity contribution is 0.283. The fraction of sp³-hybridized carbons (Fsp3) is 0.750. The highest BCUT2D eigenvalue weighted by atomic mass is 15.3. The van der Waals surface area contributed by atoms with E-state index >= 15 is 0 Å². The van der Waals surface area contributed by atoms with Crippen molar-refractivity contribution in [3.8, 4) is 0 Å². The van der Waals surface area contributed by atoms with Crippen LogP contribution in [0.15, 0.2) is 0 Å². The molecule has 0 bridgehead atoms. The lowest BCUT2D eigenvalue weighted by Gasteiger charge is -2.16. The second-order valence-electron chi connectivity index (χ2n) is 2.71. The Labute approximate surface area is 73.2 Å². The molecule has 4 heteroatoms. The molecule has 0 aliphatic carbocycles. The molecule has 0 fully saturated rings. The maximum Gasteiger partial charge on any atom is 0.221 e. The molecular weight excluding hydrogens is 152 g/mol. The lowest BCUT2D eigenvalue weighted by atomic mass is 10.4. The topological polar surface area (TPSA) is 34.0 Å². The molecule has 4 nitrogen and oxygen atoms in total. The third-order valence-corrected chi connectivity index (χ3v) is 2.01. The summed E-state index contributed by atoms with van der Waals surface area (Å²) in [6.45, 7) is 7.24. The Morgan fingerprint density at radius 3 is 2.50 bits per heavy atom. The van der Waals surface area contributed by atoms with Gasteiger partial charge in [-0.1, -0.05) is 13.8 Å². The van der Waals surface area contributed by atoms with E-state index < -0.39 is 0 Å². The van der Waals surface area contributed by atoms with Crippen molar-refractivity contribution in [1.82, 2.24) is 19.7 Å². The van der Waals surface area contributed by atoms with Crippen LogP contribution in [0.4, 0.5) is 0 Å². The van der Waals surface area contributed by atoms with Crippen LogP contribution in [-0.2, 0) is 13.6 Å². The second kappa shape index (κ2) is 4.21. The van der Waals surface area contributed by atoms with Crippen LogP contribution in [-0.4, -0.2) is 32.8 Å². The molecule has 1 aromatic heterocycles. The van der Waals surface area contributed by atoms with Gasteiger partial charge >= 0.3 is 0 Å². The molecule has 1 aromatic rings. The molecule has 1 heterocycles. The molecule has 0 aliphatic rings. The van der Waals surface area contributed by atoms with Gasteiger partial charge in [-0.25, -0.2) is 4.98 Å². The summed E-state index contributed by atoms with van der Waals surface area (Å²) in [5, 5.41) is 3.89. The zero-order valence-electron chi connectivity index (χ0n) is 7.91. The number of nitrogens with zero attached hydrogens (tertiary/aromatic N) is 4. The summed E-state index contributed by atoms with van der Waals surface area (Å²) in [6, 6.07) is 0. The van der Waals surface area contributed by atoms with Crippen molar-refractivity contribution in [2.24, 2.45) is 7.05 Å². The van der Waals surface area contributed by atoms with Gasteiger partial charge in [0, 0.05) is 7.05 Å². The van der Waals surface area contributed by atoms with Crippen LogP contribution in [0.2, 0.25) is 0 Å². The first kappa shape index (κ1) is 9.19. The molecule has 0 aliphatic heterocycles. The van der Waals surface area contributed by atoms with Gasteiger partial charge in [0.25, 0.3) is 0 Å². The Balaban J connectivity index is 2.56. The monoisotopic (exact) mass is 167 g/mol. The minimum absolute atomic E-state index is 0.861. The van der Waals surface area contributed by atoms with Crippen LogP contribution in [0.1, 0.15) is 19.7 Å². The quantitative estimate of drug-likeness (QED) is 0.653. The molecule has 0 aromatic carbocycles. The molecule has 0 N–H and O–H groups in total. The van der Waals surface area contributed by atoms with Gasteiger partial charge in [0.05, 0.1) is 6.54 Å². The number of hydrogen-bond acceptors (Lipinski definition) is 3. The first-order valence-corrected chi connectivity index (χ1v) is 4.26. The Hall–Kier alpha value is -0.900. The molecule has 12 heavy (non-hydrogen) atoms. The molecule has 0 unspecified atom stereocenters. The predicted octanol–water partition coefficient (Wildman–Crippen LogP) is 0.457. The highest BCUT2D eigenvalue weighted by Crippen LogP contribution is 1.97. The van der Waals surface area contributed by atoms with Gasteiger partial charge < -0.3 is 0 Å². The van der Waals surface area contributed by atoms with Gasteiger partial charge in [-0.3, -0.25) is 9.58 Å². The van der Waals surface area contributed by atoms with E-state index in [-0.39, 0.29) is 0 Å². The fourth-order valence-electron chi connectivity index (χ4n) is 1.06. The van der Waals surface area contributed by atoms with Gasteiger partial charge in [-0.15, -0.1) is 5.10 Å². The number of aromatic nitrogens is 3. The highest BCUT2D eigenvalue weighted by molar-refractivity contribution is 4.82. The maximum atomic E-state index is 4.04. The van der Waals surface area contributed by atoms with Crippen molar-refractivity contribution in [1.29, 1.82) is 0 Å².